The molecule has 1 aliphatic heterocycles. The predicted molar refractivity (Wildman–Crippen MR) is 70.3 cm³/mol. The highest BCUT2D eigenvalue weighted by Gasteiger charge is 2.22. The minimum absolute atomic E-state index is 0.560. The van der Waals surface area contributed by atoms with Crippen LogP contribution in [0, 0.1) is 0 Å². The normalized spacial score (nSPS) is 20.8. The Balaban J connectivity index is 1.98. The van der Waals surface area contributed by atoms with E-state index < -0.39 is 0 Å². The van der Waals surface area contributed by atoms with Crippen LogP contribution in [0.3, 0.4) is 0 Å². The van der Waals surface area contributed by atoms with Crippen LogP contribution in [0.15, 0.2) is 24.3 Å². The van der Waals surface area contributed by atoms with Gasteiger partial charge in [0, 0.05) is 35.9 Å². The molecule has 0 aromatic heterocycles. The molecule has 1 atom stereocenters. The highest BCUT2D eigenvalue weighted by molar-refractivity contribution is 6.30. The van der Waals surface area contributed by atoms with E-state index in [4.69, 9.17) is 11.6 Å². The van der Waals surface area contributed by atoms with Crippen molar-refractivity contribution >= 4 is 17.3 Å². The van der Waals surface area contributed by atoms with Crippen LogP contribution in [0.5, 0.6) is 0 Å². The van der Waals surface area contributed by atoms with Crippen LogP contribution in [0.25, 0.3) is 0 Å². The number of benzene rings is 1. The number of hydrogen-bond acceptors (Lipinski definition) is 2. The SMILES string of the molecule is CC(C)N[C@H]1CCN(c2cccc(Cl)c2)C1. The van der Waals surface area contributed by atoms with E-state index in [1.54, 1.807) is 0 Å². The summed E-state index contributed by atoms with van der Waals surface area (Å²) in [5, 5.41) is 4.40. The van der Waals surface area contributed by atoms with E-state index in [-0.39, 0.29) is 0 Å². The second-order valence-corrected chi connectivity index (χ2v) is 5.17. The first-order valence-corrected chi connectivity index (χ1v) is 6.29. The lowest BCUT2D eigenvalue weighted by atomic mass is 10.2. The van der Waals surface area contributed by atoms with Gasteiger partial charge in [-0.1, -0.05) is 31.5 Å². The van der Waals surface area contributed by atoms with E-state index in [2.05, 4.69) is 30.1 Å². The number of nitrogens with one attached hydrogen (secondary N) is 1. The number of hydrogen-bond donors (Lipinski definition) is 1. The van der Waals surface area contributed by atoms with Crippen LogP contribution in [0.1, 0.15) is 20.3 Å². The molecule has 1 aliphatic rings. The predicted octanol–water partition coefficient (Wildman–Crippen LogP) is 2.92. The van der Waals surface area contributed by atoms with Gasteiger partial charge in [0.15, 0.2) is 0 Å². The molecular weight excluding hydrogens is 220 g/mol. The third kappa shape index (κ3) is 2.89. The standard InChI is InChI=1S/C13H19ClN2/c1-10(2)15-12-6-7-16(9-12)13-5-3-4-11(14)8-13/h3-5,8,10,12,15H,6-7,9H2,1-2H3/t12-/m0/s1. The first-order chi connectivity index (χ1) is 7.65. The van der Waals surface area contributed by atoms with Gasteiger partial charge in [0.25, 0.3) is 0 Å². The number of halogens is 1. The second-order valence-electron chi connectivity index (χ2n) is 4.73. The van der Waals surface area contributed by atoms with Gasteiger partial charge in [-0.15, -0.1) is 0 Å². The first-order valence-electron chi connectivity index (χ1n) is 5.91. The average molecular weight is 239 g/mol. The summed E-state index contributed by atoms with van der Waals surface area (Å²) < 4.78 is 0. The zero-order valence-electron chi connectivity index (χ0n) is 9.91. The van der Waals surface area contributed by atoms with Gasteiger partial charge in [-0.25, -0.2) is 0 Å². The van der Waals surface area contributed by atoms with E-state index in [0.29, 0.717) is 12.1 Å². The Hall–Kier alpha value is -0.730. The smallest absolute Gasteiger partial charge is 0.0426 e. The third-order valence-corrected chi connectivity index (χ3v) is 3.17. The third-order valence-electron chi connectivity index (χ3n) is 2.93. The van der Waals surface area contributed by atoms with E-state index >= 15 is 0 Å². The molecular formula is C13H19ClN2. The lowest BCUT2D eigenvalue weighted by molar-refractivity contribution is 0.492. The fourth-order valence-corrected chi connectivity index (χ4v) is 2.46. The van der Waals surface area contributed by atoms with Crippen LogP contribution >= 0.6 is 11.6 Å². The van der Waals surface area contributed by atoms with Gasteiger partial charge < -0.3 is 10.2 Å². The van der Waals surface area contributed by atoms with Crippen molar-refractivity contribution in [3.8, 4) is 0 Å². The molecule has 3 heteroatoms. The first kappa shape index (κ1) is 11.7. The van der Waals surface area contributed by atoms with Crippen molar-refractivity contribution < 1.29 is 0 Å². The molecule has 1 aromatic carbocycles. The zero-order valence-corrected chi connectivity index (χ0v) is 10.7. The van der Waals surface area contributed by atoms with Gasteiger partial charge in [-0.2, -0.15) is 0 Å². The molecule has 0 amide bonds. The highest BCUT2D eigenvalue weighted by atomic mass is 35.5. The molecule has 0 saturated carbocycles. The van der Waals surface area contributed by atoms with Crippen molar-refractivity contribution in [1.82, 2.24) is 5.32 Å². The van der Waals surface area contributed by atoms with Crippen LogP contribution in [0.2, 0.25) is 5.02 Å². The molecule has 0 spiro atoms. The fourth-order valence-electron chi connectivity index (χ4n) is 2.28. The minimum atomic E-state index is 0.560. The average Bonchev–Trinajstić information content (AvgIpc) is 2.65. The van der Waals surface area contributed by atoms with Gasteiger partial charge in [0.1, 0.15) is 0 Å². The molecule has 0 aliphatic carbocycles. The molecule has 0 radical (unpaired) electrons. The van der Waals surface area contributed by atoms with Gasteiger partial charge in [0.05, 0.1) is 0 Å². The summed E-state index contributed by atoms with van der Waals surface area (Å²) in [6.45, 7) is 6.59. The van der Waals surface area contributed by atoms with E-state index in [9.17, 15) is 0 Å². The van der Waals surface area contributed by atoms with Crippen LogP contribution in [-0.4, -0.2) is 25.2 Å². The second kappa shape index (κ2) is 5.07. The summed E-state index contributed by atoms with van der Waals surface area (Å²) in [6.07, 6.45) is 1.21. The molecule has 2 rings (SSSR count). The molecule has 0 bridgehead atoms. The maximum Gasteiger partial charge on any atom is 0.0426 e. The molecule has 1 fully saturated rings. The maximum absolute atomic E-state index is 6.00. The van der Waals surface area contributed by atoms with Crippen molar-refractivity contribution in [2.45, 2.75) is 32.4 Å². The molecule has 0 unspecified atom stereocenters. The van der Waals surface area contributed by atoms with Crippen LogP contribution < -0.4 is 10.2 Å². The Labute approximate surface area is 103 Å². The van der Waals surface area contributed by atoms with Crippen molar-refractivity contribution in [2.75, 3.05) is 18.0 Å². The van der Waals surface area contributed by atoms with Crippen LogP contribution in [-0.2, 0) is 0 Å². The molecule has 1 aromatic rings. The molecule has 1 heterocycles. The Morgan fingerprint density at radius 3 is 2.94 bits per heavy atom. The Bertz CT molecular complexity index is 352. The number of nitrogens with zero attached hydrogens (tertiary/aromatic N) is 1. The Morgan fingerprint density at radius 2 is 2.25 bits per heavy atom. The number of rotatable bonds is 3. The van der Waals surface area contributed by atoms with Crippen molar-refractivity contribution in [2.24, 2.45) is 0 Å². The summed E-state index contributed by atoms with van der Waals surface area (Å²) in [5.74, 6) is 0. The highest BCUT2D eigenvalue weighted by Crippen LogP contribution is 2.23. The monoisotopic (exact) mass is 238 g/mol. The lowest BCUT2D eigenvalue weighted by Crippen LogP contribution is -2.36. The Kier molecular flexibility index (Phi) is 3.72. The van der Waals surface area contributed by atoms with Crippen molar-refractivity contribution in [3.05, 3.63) is 29.3 Å². The zero-order chi connectivity index (χ0) is 11.5. The van der Waals surface area contributed by atoms with E-state index in [1.807, 2.05) is 18.2 Å². The molecule has 1 saturated heterocycles. The van der Waals surface area contributed by atoms with Gasteiger partial charge in [0.2, 0.25) is 0 Å². The Morgan fingerprint density at radius 1 is 1.44 bits per heavy atom. The summed E-state index contributed by atoms with van der Waals surface area (Å²) in [4.78, 5) is 2.39. The van der Waals surface area contributed by atoms with Crippen LogP contribution in [0.4, 0.5) is 5.69 Å². The topological polar surface area (TPSA) is 15.3 Å². The van der Waals surface area contributed by atoms with E-state index in [0.717, 1.165) is 18.1 Å². The summed E-state index contributed by atoms with van der Waals surface area (Å²) in [7, 11) is 0. The summed E-state index contributed by atoms with van der Waals surface area (Å²) in [6, 6.07) is 9.28. The minimum Gasteiger partial charge on any atom is -0.370 e. The molecule has 1 N–H and O–H groups in total. The number of anilines is 1. The summed E-state index contributed by atoms with van der Waals surface area (Å²) in [5.41, 5.74) is 1.24. The fraction of sp³-hybridized carbons (Fsp3) is 0.538. The lowest BCUT2D eigenvalue weighted by Gasteiger charge is -2.20. The molecule has 16 heavy (non-hydrogen) atoms. The van der Waals surface area contributed by atoms with Crippen molar-refractivity contribution in [1.29, 1.82) is 0 Å². The maximum atomic E-state index is 6.00. The van der Waals surface area contributed by atoms with Gasteiger partial charge in [-0.3, -0.25) is 0 Å². The quantitative estimate of drug-likeness (QED) is 0.871. The van der Waals surface area contributed by atoms with Crippen molar-refractivity contribution in [3.63, 3.8) is 0 Å². The van der Waals surface area contributed by atoms with Gasteiger partial charge >= 0.3 is 0 Å². The largest absolute Gasteiger partial charge is 0.370 e. The van der Waals surface area contributed by atoms with E-state index in [1.165, 1.54) is 12.1 Å². The molecule has 88 valence electrons. The molecule has 2 nitrogen and oxygen atoms in total. The summed E-state index contributed by atoms with van der Waals surface area (Å²) >= 11 is 6.00. The van der Waals surface area contributed by atoms with Gasteiger partial charge in [-0.05, 0) is 24.6 Å².